The quantitative estimate of drug-likeness (QED) is 0.465. The summed E-state index contributed by atoms with van der Waals surface area (Å²) in [7, 11) is 4.08. The van der Waals surface area contributed by atoms with Crippen LogP contribution in [0.25, 0.3) is 16.6 Å². The molecule has 1 N–H and O–H groups in total. The summed E-state index contributed by atoms with van der Waals surface area (Å²) in [4.78, 5) is 23.8. The fraction of sp³-hybridized carbons (Fsp3) is 0.280. The Kier molecular flexibility index (Phi) is 6.56. The van der Waals surface area contributed by atoms with E-state index in [-0.39, 0.29) is 18.4 Å². The van der Waals surface area contributed by atoms with E-state index >= 15 is 0 Å². The predicted octanol–water partition coefficient (Wildman–Crippen LogP) is 3.48. The first-order valence-corrected chi connectivity index (χ1v) is 10.7. The molecule has 0 saturated heterocycles. The monoisotopic (exact) mass is 428 g/mol. The Morgan fingerprint density at radius 2 is 1.91 bits per heavy atom. The normalized spacial score (nSPS) is 12.2. The third-order valence-corrected chi connectivity index (χ3v) is 5.38. The van der Waals surface area contributed by atoms with Gasteiger partial charge in [0.25, 0.3) is 0 Å². The van der Waals surface area contributed by atoms with Crippen LogP contribution in [0.1, 0.15) is 29.4 Å². The lowest BCUT2D eigenvalue weighted by molar-refractivity contribution is -0.121. The minimum atomic E-state index is -0.0402. The molecule has 3 aromatic heterocycles. The van der Waals surface area contributed by atoms with Gasteiger partial charge in [-0.3, -0.25) is 14.8 Å². The molecule has 164 valence electrons. The molecule has 3 heterocycles. The van der Waals surface area contributed by atoms with Crippen molar-refractivity contribution in [3.05, 3.63) is 84.1 Å². The Hall–Kier alpha value is -3.58. The molecule has 32 heavy (non-hydrogen) atoms. The largest absolute Gasteiger partial charge is 0.349 e. The third-order valence-electron chi connectivity index (χ3n) is 5.38. The van der Waals surface area contributed by atoms with Gasteiger partial charge in [0.1, 0.15) is 0 Å². The molecular formula is C25H28N6O. The number of amides is 1. The average Bonchev–Trinajstić information content (AvgIpc) is 3.20. The first-order chi connectivity index (χ1) is 15.5. The highest BCUT2D eigenvalue weighted by Crippen LogP contribution is 2.20. The fourth-order valence-electron chi connectivity index (χ4n) is 3.74. The SMILES string of the molecule is Cc1cc(-n2ncc3cc(CC(=O)NC(CCN(C)C)c4ccccc4)ncc32)ccn1. The Bertz CT molecular complexity index is 1200. The topological polar surface area (TPSA) is 75.9 Å². The molecule has 7 heteroatoms. The van der Waals surface area contributed by atoms with E-state index in [1.165, 1.54) is 0 Å². The summed E-state index contributed by atoms with van der Waals surface area (Å²) >= 11 is 0. The van der Waals surface area contributed by atoms with Crippen molar-refractivity contribution in [2.75, 3.05) is 20.6 Å². The van der Waals surface area contributed by atoms with E-state index in [0.717, 1.165) is 46.5 Å². The maximum atomic E-state index is 12.8. The highest BCUT2D eigenvalue weighted by molar-refractivity contribution is 5.83. The number of hydrogen-bond donors (Lipinski definition) is 1. The molecular weight excluding hydrogens is 400 g/mol. The number of rotatable bonds is 8. The van der Waals surface area contributed by atoms with Crippen LogP contribution in [-0.2, 0) is 11.2 Å². The van der Waals surface area contributed by atoms with Crippen molar-refractivity contribution in [3.8, 4) is 5.69 Å². The van der Waals surface area contributed by atoms with Gasteiger partial charge in [-0.05, 0) is 57.7 Å². The number of aromatic nitrogens is 4. The van der Waals surface area contributed by atoms with E-state index in [1.54, 1.807) is 18.6 Å². The van der Waals surface area contributed by atoms with E-state index in [1.807, 2.05) is 62.1 Å². The van der Waals surface area contributed by atoms with Gasteiger partial charge < -0.3 is 10.2 Å². The number of carbonyl (C=O) groups is 1. The first-order valence-electron chi connectivity index (χ1n) is 10.7. The number of fused-ring (bicyclic) bond motifs is 1. The van der Waals surface area contributed by atoms with Crippen molar-refractivity contribution in [2.45, 2.75) is 25.8 Å². The summed E-state index contributed by atoms with van der Waals surface area (Å²) in [6.45, 7) is 2.84. The first kappa shape index (κ1) is 21.6. The zero-order chi connectivity index (χ0) is 22.5. The molecule has 0 bridgehead atoms. The summed E-state index contributed by atoms with van der Waals surface area (Å²) in [5.41, 5.74) is 4.59. The second-order valence-electron chi connectivity index (χ2n) is 8.25. The zero-order valence-electron chi connectivity index (χ0n) is 18.7. The van der Waals surface area contributed by atoms with E-state index < -0.39 is 0 Å². The Labute approximate surface area is 188 Å². The highest BCUT2D eigenvalue weighted by atomic mass is 16.1. The van der Waals surface area contributed by atoms with Crippen molar-refractivity contribution < 1.29 is 4.79 Å². The van der Waals surface area contributed by atoms with Gasteiger partial charge in [-0.2, -0.15) is 5.10 Å². The molecule has 0 radical (unpaired) electrons. The van der Waals surface area contributed by atoms with Gasteiger partial charge in [-0.15, -0.1) is 0 Å². The number of nitrogens with zero attached hydrogens (tertiary/aromatic N) is 5. The van der Waals surface area contributed by atoms with Crippen LogP contribution in [0, 0.1) is 6.92 Å². The van der Waals surface area contributed by atoms with Crippen LogP contribution in [0.3, 0.4) is 0 Å². The maximum absolute atomic E-state index is 12.8. The van der Waals surface area contributed by atoms with E-state index in [4.69, 9.17) is 0 Å². The average molecular weight is 429 g/mol. The van der Waals surface area contributed by atoms with Crippen LogP contribution in [0.15, 0.2) is 67.1 Å². The van der Waals surface area contributed by atoms with Crippen molar-refractivity contribution >= 4 is 16.8 Å². The lowest BCUT2D eigenvalue weighted by Gasteiger charge is -2.21. The zero-order valence-corrected chi connectivity index (χ0v) is 18.7. The molecule has 0 aliphatic heterocycles. The van der Waals surface area contributed by atoms with Gasteiger partial charge in [0.2, 0.25) is 5.91 Å². The van der Waals surface area contributed by atoms with Crippen LogP contribution >= 0.6 is 0 Å². The molecule has 1 aromatic carbocycles. The van der Waals surface area contributed by atoms with Gasteiger partial charge in [0, 0.05) is 17.3 Å². The molecule has 0 aliphatic rings. The lowest BCUT2D eigenvalue weighted by Crippen LogP contribution is -2.32. The van der Waals surface area contributed by atoms with Crippen molar-refractivity contribution in [1.29, 1.82) is 0 Å². The molecule has 0 spiro atoms. The number of aryl methyl sites for hydroxylation is 1. The summed E-state index contributed by atoms with van der Waals surface area (Å²) in [6, 6.07) is 15.9. The smallest absolute Gasteiger partial charge is 0.226 e. The number of nitrogens with one attached hydrogen (secondary N) is 1. The lowest BCUT2D eigenvalue weighted by atomic mass is 10.0. The van der Waals surface area contributed by atoms with Gasteiger partial charge in [-0.25, -0.2) is 4.68 Å². The van der Waals surface area contributed by atoms with Gasteiger partial charge in [-0.1, -0.05) is 30.3 Å². The number of carbonyl (C=O) groups excluding carboxylic acids is 1. The molecule has 4 rings (SSSR count). The van der Waals surface area contributed by atoms with Crippen LogP contribution in [-0.4, -0.2) is 51.2 Å². The molecule has 1 atom stereocenters. The molecule has 7 nitrogen and oxygen atoms in total. The highest BCUT2D eigenvalue weighted by Gasteiger charge is 2.16. The van der Waals surface area contributed by atoms with Gasteiger partial charge in [0.05, 0.1) is 41.8 Å². The van der Waals surface area contributed by atoms with Crippen molar-refractivity contribution in [1.82, 2.24) is 30.0 Å². The second-order valence-corrected chi connectivity index (χ2v) is 8.25. The summed E-state index contributed by atoms with van der Waals surface area (Å²) in [6.07, 6.45) is 6.41. The van der Waals surface area contributed by atoms with Crippen molar-refractivity contribution in [2.24, 2.45) is 0 Å². The van der Waals surface area contributed by atoms with E-state index in [0.29, 0.717) is 0 Å². The van der Waals surface area contributed by atoms with Crippen molar-refractivity contribution in [3.63, 3.8) is 0 Å². The summed E-state index contributed by atoms with van der Waals surface area (Å²) in [5, 5.41) is 8.64. The molecule has 1 amide bonds. The standard InChI is InChI=1S/C25H28N6O/c1-18-13-22(9-11-26-18)31-24-17-27-21(14-20(24)16-28-31)15-25(32)29-23(10-12-30(2)3)19-7-5-4-6-8-19/h4-9,11,13-14,16-17,23H,10,12,15H2,1-3H3,(H,29,32). The van der Waals surface area contributed by atoms with Gasteiger partial charge in [0.15, 0.2) is 0 Å². The van der Waals surface area contributed by atoms with Gasteiger partial charge >= 0.3 is 0 Å². The van der Waals surface area contributed by atoms with Crippen LogP contribution < -0.4 is 5.32 Å². The minimum absolute atomic E-state index is 0.0347. The summed E-state index contributed by atoms with van der Waals surface area (Å²) in [5.74, 6) is -0.0402. The molecule has 4 aromatic rings. The van der Waals surface area contributed by atoms with Crippen LogP contribution in [0.2, 0.25) is 0 Å². The molecule has 0 fully saturated rings. The Morgan fingerprint density at radius 1 is 1.09 bits per heavy atom. The Balaban J connectivity index is 1.49. The van der Waals surface area contributed by atoms with E-state index in [9.17, 15) is 4.79 Å². The van der Waals surface area contributed by atoms with Crippen LogP contribution in [0.4, 0.5) is 0 Å². The molecule has 1 unspecified atom stereocenters. The number of pyridine rings is 2. The predicted molar refractivity (Wildman–Crippen MR) is 126 cm³/mol. The summed E-state index contributed by atoms with van der Waals surface area (Å²) < 4.78 is 1.84. The van der Waals surface area contributed by atoms with Crippen LogP contribution in [0.5, 0.6) is 0 Å². The molecule has 0 saturated carbocycles. The second kappa shape index (κ2) is 9.70. The Morgan fingerprint density at radius 3 is 2.66 bits per heavy atom. The third kappa shape index (κ3) is 5.18. The maximum Gasteiger partial charge on any atom is 0.226 e. The number of hydrogen-bond acceptors (Lipinski definition) is 5. The minimum Gasteiger partial charge on any atom is -0.349 e. The number of benzene rings is 1. The fourth-order valence-corrected chi connectivity index (χ4v) is 3.74. The molecule has 0 aliphatic carbocycles. The van der Waals surface area contributed by atoms with E-state index in [2.05, 4.69) is 37.4 Å².